The Morgan fingerprint density at radius 2 is 1.95 bits per heavy atom. The van der Waals surface area contributed by atoms with Crippen LogP contribution in [-0.4, -0.2) is 16.6 Å². The van der Waals surface area contributed by atoms with Crippen LogP contribution in [0, 0.1) is 5.41 Å². The van der Waals surface area contributed by atoms with Crippen LogP contribution >= 0.6 is 0 Å². The summed E-state index contributed by atoms with van der Waals surface area (Å²) in [7, 11) is 0. The zero-order chi connectivity index (χ0) is 15.4. The fourth-order valence-corrected chi connectivity index (χ4v) is 2.57. The van der Waals surface area contributed by atoms with E-state index in [1.807, 2.05) is 6.92 Å². The van der Waals surface area contributed by atoms with E-state index < -0.39 is 0 Å². The molecule has 4 heteroatoms. The number of carbonyl (C=O) groups excluding carboxylic acids is 1. The second-order valence-electron chi connectivity index (χ2n) is 6.28. The van der Waals surface area contributed by atoms with Crippen molar-refractivity contribution in [3.8, 4) is 0 Å². The van der Waals surface area contributed by atoms with Gasteiger partial charge in [-0.25, -0.2) is 0 Å². The largest absolute Gasteiger partial charge is 0.361 e. The highest BCUT2D eigenvalue weighted by atomic mass is 16.5. The molecular weight excluding hydrogens is 252 g/mol. The molecule has 0 radical (unpaired) electrons. The monoisotopic (exact) mass is 280 g/mol. The molecule has 0 aliphatic heterocycles. The molecule has 1 N–H and O–H groups in total. The third kappa shape index (κ3) is 3.41. The van der Waals surface area contributed by atoms with Crippen molar-refractivity contribution in [1.82, 2.24) is 10.5 Å². The van der Waals surface area contributed by atoms with Crippen LogP contribution in [-0.2, 0) is 6.42 Å². The first-order valence-corrected chi connectivity index (χ1v) is 7.57. The maximum absolute atomic E-state index is 12.3. The Kier molecular flexibility index (Phi) is 5.37. The van der Waals surface area contributed by atoms with Crippen molar-refractivity contribution in [3.63, 3.8) is 0 Å². The minimum atomic E-state index is -0.291. The highest BCUT2D eigenvalue weighted by Crippen LogP contribution is 2.39. The molecule has 0 saturated carbocycles. The van der Waals surface area contributed by atoms with Crippen LogP contribution < -0.4 is 5.32 Å². The molecule has 1 rings (SSSR count). The standard InChI is InChI=1S/C16H28N2O2/c1-7-10-16(6,9-3)15(4,5)17-14(19)13-11-12(8-2)20-18-13/h11H,7-10H2,1-6H3,(H,17,19). The normalized spacial score (nSPS) is 14.9. The topological polar surface area (TPSA) is 55.1 Å². The van der Waals surface area contributed by atoms with Crippen LogP contribution in [0.25, 0.3) is 0 Å². The highest BCUT2D eigenvalue weighted by Gasteiger charge is 2.40. The van der Waals surface area contributed by atoms with Gasteiger partial charge in [0.2, 0.25) is 0 Å². The third-order valence-corrected chi connectivity index (χ3v) is 4.66. The van der Waals surface area contributed by atoms with Crippen molar-refractivity contribution < 1.29 is 9.32 Å². The third-order valence-electron chi connectivity index (χ3n) is 4.66. The number of rotatable bonds is 7. The van der Waals surface area contributed by atoms with E-state index >= 15 is 0 Å². The SMILES string of the molecule is CCCC(C)(CC)C(C)(C)NC(=O)c1cc(CC)on1. The van der Waals surface area contributed by atoms with Gasteiger partial charge in [-0.15, -0.1) is 0 Å². The quantitative estimate of drug-likeness (QED) is 0.822. The summed E-state index contributed by atoms with van der Waals surface area (Å²) >= 11 is 0. The summed E-state index contributed by atoms with van der Waals surface area (Å²) in [6, 6.07) is 1.72. The van der Waals surface area contributed by atoms with Crippen LogP contribution in [0.4, 0.5) is 0 Å². The van der Waals surface area contributed by atoms with Gasteiger partial charge in [-0.05, 0) is 32.1 Å². The van der Waals surface area contributed by atoms with Crippen molar-refractivity contribution >= 4 is 5.91 Å². The summed E-state index contributed by atoms with van der Waals surface area (Å²) in [6.45, 7) is 12.7. The van der Waals surface area contributed by atoms with E-state index in [2.05, 4.69) is 45.1 Å². The lowest BCUT2D eigenvalue weighted by Crippen LogP contribution is -2.54. The Morgan fingerprint density at radius 3 is 2.40 bits per heavy atom. The molecule has 1 aromatic heterocycles. The molecule has 20 heavy (non-hydrogen) atoms. The van der Waals surface area contributed by atoms with E-state index in [0.717, 1.165) is 31.4 Å². The number of aromatic nitrogens is 1. The Balaban J connectivity index is 2.86. The maximum Gasteiger partial charge on any atom is 0.273 e. The van der Waals surface area contributed by atoms with Gasteiger partial charge in [0.25, 0.3) is 5.91 Å². The first-order chi connectivity index (χ1) is 9.29. The van der Waals surface area contributed by atoms with Gasteiger partial charge in [-0.1, -0.05) is 39.3 Å². The van der Waals surface area contributed by atoms with E-state index in [1.54, 1.807) is 6.07 Å². The molecule has 0 aliphatic carbocycles. The lowest BCUT2D eigenvalue weighted by atomic mass is 9.68. The Morgan fingerprint density at radius 1 is 1.30 bits per heavy atom. The number of aryl methyl sites for hydroxylation is 1. The summed E-state index contributed by atoms with van der Waals surface area (Å²) in [5, 5.41) is 6.96. The van der Waals surface area contributed by atoms with Gasteiger partial charge < -0.3 is 9.84 Å². The molecule has 0 fully saturated rings. The van der Waals surface area contributed by atoms with Gasteiger partial charge in [-0.2, -0.15) is 0 Å². The van der Waals surface area contributed by atoms with Gasteiger partial charge >= 0.3 is 0 Å². The molecule has 1 heterocycles. The second kappa shape index (κ2) is 6.42. The van der Waals surface area contributed by atoms with E-state index in [9.17, 15) is 4.79 Å². The lowest BCUT2D eigenvalue weighted by Gasteiger charge is -2.44. The number of hydrogen-bond donors (Lipinski definition) is 1. The molecular formula is C16H28N2O2. The van der Waals surface area contributed by atoms with Crippen LogP contribution in [0.15, 0.2) is 10.6 Å². The molecule has 1 atom stereocenters. The highest BCUT2D eigenvalue weighted by molar-refractivity contribution is 5.92. The molecule has 0 bridgehead atoms. The molecule has 114 valence electrons. The van der Waals surface area contributed by atoms with Crippen LogP contribution in [0.1, 0.15) is 77.1 Å². The van der Waals surface area contributed by atoms with Crippen molar-refractivity contribution in [1.29, 1.82) is 0 Å². The van der Waals surface area contributed by atoms with E-state index in [1.165, 1.54) is 0 Å². The first kappa shape index (κ1) is 16.7. The van der Waals surface area contributed by atoms with E-state index in [-0.39, 0.29) is 16.9 Å². The average Bonchev–Trinajstić information content (AvgIpc) is 2.87. The molecule has 0 aromatic carbocycles. The van der Waals surface area contributed by atoms with Crippen molar-refractivity contribution in [2.75, 3.05) is 0 Å². The zero-order valence-corrected chi connectivity index (χ0v) is 13.7. The number of nitrogens with one attached hydrogen (secondary N) is 1. The Bertz CT molecular complexity index is 451. The number of nitrogens with zero attached hydrogens (tertiary/aromatic N) is 1. The van der Waals surface area contributed by atoms with Crippen molar-refractivity contribution in [2.45, 2.75) is 72.8 Å². The maximum atomic E-state index is 12.3. The van der Waals surface area contributed by atoms with E-state index in [4.69, 9.17) is 4.52 Å². The number of amides is 1. The Labute approximate surface area is 122 Å². The van der Waals surface area contributed by atoms with Gasteiger partial charge in [0.15, 0.2) is 5.69 Å². The fraction of sp³-hybridized carbons (Fsp3) is 0.750. The van der Waals surface area contributed by atoms with Crippen LogP contribution in [0.5, 0.6) is 0 Å². The minimum absolute atomic E-state index is 0.0642. The predicted octanol–water partition coefficient (Wildman–Crippen LogP) is 3.96. The second-order valence-corrected chi connectivity index (χ2v) is 6.28. The zero-order valence-electron chi connectivity index (χ0n) is 13.7. The number of hydrogen-bond acceptors (Lipinski definition) is 3. The Hall–Kier alpha value is -1.32. The molecule has 1 amide bonds. The van der Waals surface area contributed by atoms with Gasteiger partial charge in [-0.3, -0.25) is 4.79 Å². The van der Waals surface area contributed by atoms with Gasteiger partial charge in [0.1, 0.15) is 5.76 Å². The van der Waals surface area contributed by atoms with Gasteiger partial charge in [0, 0.05) is 18.0 Å². The molecule has 0 spiro atoms. The molecule has 0 aliphatic rings. The van der Waals surface area contributed by atoms with Crippen LogP contribution in [0.3, 0.4) is 0 Å². The summed E-state index contributed by atoms with van der Waals surface area (Å²) in [5.74, 6) is 0.578. The minimum Gasteiger partial charge on any atom is -0.361 e. The molecule has 4 nitrogen and oxygen atoms in total. The summed E-state index contributed by atoms with van der Waals surface area (Å²) < 4.78 is 5.10. The fourth-order valence-electron chi connectivity index (χ4n) is 2.57. The summed E-state index contributed by atoms with van der Waals surface area (Å²) in [4.78, 5) is 12.3. The molecule has 1 aromatic rings. The van der Waals surface area contributed by atoms with E-state index in [0.29, 0.717) is 5.69 Å². The van der Waals surface area contributed by atoms with Crippen molar-refractivity contribution in [2.24, 2.45) is 5.41 Å². The number of carbonyl (C=O) groups is 1. The average molecular weight is 280 g/mol. The predicted molar refractivity (Wildman–Crippen MR) is 80.7 cm³/mol. The molecule has 1 unspecified atom stereocenters. The lowest BCUT2D eigenvalue weighted by molar-refractivity contribution is 0.0722. The smallest absolute Gasteiger partial charge is 0.273 e. The van der Waals surface area contributed by atoms with Crippen molar-refractivity contribution in [3.05, 3.63) is 17.5 Å². The molecule has 0 saturated heterocycles. The summed E-state index contributed by atoms with van der Waals surface area (Å²) in [5.41, 5.74) is 0.138. The van der Waals surface area contributed by atoms with Gasteiger partial charge in [0.05, 0.1) is 0 Å². The summed E-state index contributed by atoms with van der Waals surface area (Å²) in [6.07, 6.45) is 3.95. The van der Waals surface area contributed by atoms with Crippen LogP contribution in [0.2, 0.25) is 0 Å². The first-order valence-electron chi connectivity index (χ1n) is 7.57.